The third kappa shape index (κ3) is 5.45. The van der Waals surface area contributed by atoms with E-state index in [1.165, 1.54) is 0 Å². The van der Waals surface area contributed by atoms with Crippen LogP contribution >= 0.6 is 0 Å². The van der Waals surface area contributed by atoms with Crippen LogP contribution in [0.25, 0.3) is 11.3 Å². The summed E-state index contributed by atoms with van der Waals surface area (Å²) in [6.07, 6.45) is 2.56. The van der Waals surface area contributed by atoms with Crippen LogP contribution < -0.4 is 5.32 Å². The minimum atomic E-state index is -1.000. The van der Waals surface area contributed by atoms with E-state index in [1.54, 1.807) is 0 Å². The van der Waals surface area contributed by atoms with Gasteiger partial charge >= 0.3 is 5.97 Å². The number of aromatic nitrogens is 1. The van der Waals surface area contributed by atoms with E-state index < -0.39 is 12.0 Å². The molecule has 0 unspecified atom stereocenters. The first-order valence-corrected chi connectivity index (χ1v) is 8.55. The number of carboxylic acids is 1. The molecule has 134 valence electrons. The normalized spacial score (nSPS) is 11.9. The maximum atomic E-state index is 12.0. The number of carboxylic acid groups (broad SMARTS) is 1. The number of amides is 1. The Hall–Kier alpha value is -2.63. The molecule has 6 nitrogen and oxygen atoms in total. The highest BCUT2D eigenvalue weighted by molar-refractivity contribution is 5.83. The molecule has 0 saturated carbocycles. The van der Waals surface area contributed by atoms with Gasteiger partial charge in [-0.3, -0.25) is 4.79 Å². The first-order valence-electron chi connectivity index (χ1n) is 8.55. The summed E-state index contributed by atoms with van der Waals surface area (Å²) >= 11 is 0. The van der Waals surface area contributed by atoms with Crippen LogP contribution in [0.4, 0.5) is 0 Å². The Balaban J connectivity index is 1.93. The predicted molar refractivity (Wildman–Crippen MR) is 94.1 cm³/mol. The minimum Gasteiger partial charge on any atom is -0.480 e. The van der Waals surface area contributed by atoms with E-state index in [0.717, 1.165) is 24.1 Å². The molecule has 1 aromatic carbocycles. The Morgan fingerprint density at radius 2 is 2.00 bits per heavy atom. The Bertz CT molecular complexity index is 709. The quantitative estimate of drug-likeness (QED) is 0.728. The van der Waals surface area contributed by atoms with E-state index >= 15 is 0 Å². The van der Waals surface area contributed by atoms with Crippen molar-refractivity contribution in [2.24, 2.45) is 0 Å². The van der Waals surface area contributed by atoms with Gasteiger partial charge < -0.3 is 14.8 Å². The number of rotatable bonds is 9. The molecule has 1 amide bonds. The molecule has 6 heteroatoms. The number of benzene rings is 1. The molecule has 0 spiro atoms. The molecule has 0 fully saturated rings. The van der Waals surface area contributed by atoms with E-state index in [-0.39, 0.29) is 12.3 Å². The molecule has 1 aromatic heterocycles. The highest BCUT2D eigenvalue weighted by Crippen LogP contribution is 2.24. The third-order valence-corrected chi connectivity index (χ3v) is 3.92. The van der Waals surface area contributed by atoms with Crippen molar-refractivity contribution in [3.05, 3.63) is 41.9 Å². The zero-order valence-corrected chi connectivity index (χ0v) is 14.6. The van der Waals surface area contributed by atoms with Gasteiger partial charge in [-0.25, -0.2) is 9.78 Å². The first-order chi connectivity index (χ1) is 12.0. The van der Waals surface area contributed by atoms with Crippen molar-refractivity contribution in [1.82, 2.24) is 10.3 Å². The molecule has 1 atom stereocenters. The van der Waals surface area contributed by atoms with Crippen molar-refractivity contribution in [2.45, 2.75) is 52.0 Å². The molecule has 0 aliphatic heterocycles. The summed E-state index contributed by atoms with van der Waals surface area (Å²) in [5, 5.41) is 11.7. The molecule has 2 N–H and O–H groups in total. The summed E-state index contributed by atoms with van der Waals surface area (Å²) < 4.78 is 5.76. The average Bonchev–Trinajstić information content (AvgIpc) is 2.98. The van der Waals surface area contributed by atoms with E-state index in [0.29, 0.717) is 24.5 Å². The molecule has 0 aliphatic carbocycles. The highest BCUT2D eigenvalue weighted by Gasteiger charge is 2.20. The largest absolute Gasteiger partial charge is 0.480 e. The second kappa shape index (κ2) is 9.01. The zero-order valence-electron chi connectivity index (χ0n) is 14.6. The number of hydrogen-bond donors (Lipinski definition) is 2. The van der Waals surface area contributed by atoms with Gasteiger partial charge in [0, 0.05) is 18.4 Å². The number of carbonyl (C=O) groups excluding carboxylic acids is 1. The van der Waals surface area contributed by atoms with E-state index in [4.69, 9.17) is 9.52 Å². The second-order valence-electron chi connectivity index (χ2n) is 5.99. The van der Waals surface area contributed by atoms with Crippen LogP contribution in [0.2, 0.25) is 0 Å². The lowest BCUT2D eigenvalue weighted by molar-refractivity contribution is -0.142. The van der Waals surface area contributed by atoms with Crippen molar-refractivity contribution in [3.63, 3.8) is 0 Å². The zero-order chi connectivity index (χ0) is 18.2. The molecule has 1 heterocycles. The second-order valence-corrected chi connectivity index (χ2v) is 5.99. The molecular formula is C19H24N2O4. The number of nitrogens with zero attached hydrogens (tertiary/aromatic N) is 1. The van der Waals surface area contributed by atoms with Gasteiger partial charge in [0.25, 0.3) is 0 Å². The van der Waals surface area contributed by atoms with Crippen molar-refractivity contribution < 1.29 is 19.1 Å². The van der Waals surface area contributed by atoms with Gasteiger partial charge in [0.2, 0.25) is 5.91 Å². The molecule has 0 radical (unpaired) electrons. The summed E-state index contributed by atoms with van der Waals surface area (Å²) in [4.78, 5) is 27.5. The van der Waals surface area contributed by atoms with Crippen molar-refractivity contribution in [1.29, 1.82) is 0 Å². The van der Waals surface area contributed by atoms with Gasteiger partial charge in [-0.1, -0.05) is 50.1 Å². The van der Waals surface area contributed by atoms with Crippen LogP contribution in [-0.4, -0.2) is 28.0 Å². The van der Waals surface area contributed by atoms with Gasteiger partial charge in [0.1, 0.15) is 6.04 Å². The SMILES string of the molecule is CCCC[C@H](NC(=O)CCc1nc(C)c(-c2ccccc2)o1)C(=O)O. The van der Waals surface area contributed by atoms with Crippen LogP contribution in [0.3, 0.4) is 0 Å². The van der Waals surface area contributed by atoms with Crippen LogP contribution in [0, 0.1) is 6.92 Å². The summed E-state index contributed by atoms with van der Waals surface area (Å²) in [6.45, 7) is 3.84. The number of aliphatic carboxylic acids is 1. The molecule has 2 aromatic rings. The van der Waals surface area contributed by atoms with Crippen molar-refractivity contribution in [2.75, 3.05) is 0 Å². The molecular weight excluding hydrogens is 320 g/mol. The Morgan fingerprint density at radius 3 is 2.64 bits per heavy atom. The van der Waals surface area contributed by atoms with E-state index in [2.05, 4.69) is 10.3 Å². The van der Waals surface area contributed by atoms with E-state index in [1.807, 2.05) is 44.2 Å². The fraction of sp³-hybridized carbons (Fsp3) is 0.421. The fourth-order valence-corrected chi connectivity index (χ4v) is 2.57. The first kappa shape index (κ1) is 18.7. The summed E-state index contributed by atoms with van der Waals surface area (Å²) in [7, 11) is 0. The lowest BCUT2D eigenvalue weighted by Gasteiger charge is -2.13. The lowest BCUT2D eigenvalue weighted by Crippen LogP contribution is -2.40. The van der Waals surface area contributed by atoms with E-state index in [9.17, 15) is 9.59 Å². The maximum absolute atomic E-state index is 12.0. The minimum absolute atomic E-state index is 0.143. The fourth-order valence-electron chi connectivity index (χ4n) is 2.57. The molecule has 2 rings (SSSR count). The van der Waals surface area contributed by atoms with Crippen LogP contribution in [0.5, 0.6) is 0 Å². The van der Waals surface area contributed by atoms with Gasteiger partial charge in [-0.15, -0.1) is 0 Å². The van der Waals surface area contributed by atoms with Crippen molar-refractivity contribution in [3.8, 4) is 11.3 Å². The lowest BCUT2D eigenvalue weighted by atomic mass is 10.1. The number of carbonyl (C=O) groups is 2. The monoisotopic (exact) mass is 344 g/mol. The Labute approximate surface area is 147 Å². The molecule has 0 bridgehead atoms. The predicted octanol–water partition coefficient (Wildman–Crippen LogP) is 3.34. The number of hydrogen-bond acceptors (Lipinski definition) is 4. The number of oxazole rings is 1. The molecule has 0 aliphatic rings. The van der Waals surface area contributed by atoms with Crippen LogP contribution in [0.1, 0.15) is 44.2 Å². The summed E-state index contributed by atoms with van der Waals surface area (Å²) in [6, 6.07) is 8.82. The summed E-state index contributed by atoms with van der Waals surface area (Å²) in [5.74, 6) is -0.130. The highest BCUT2D eigenvalue weighted by atomic mass is 16.4. The Morgan fingerprint density at radius 1 is 1.28 bits per heavy atom. The number of unbranched alkanes of at least 4 members (excludes halogenated alkanes) is 1. The van der Waals surface area contributed by atoms with Crippen LogP contribution in [-0.2, 0) is 16.0 Å². The average molecular weight is 344 g/mol. The molecule has 0 saturated heterocycles. The smallest absolute Gasteiger partial charge is 0.326 e. The van der Waals surface area contributed by atoms with Gasteiger partial charge in [-0.2, -0.15) is 0 Å². The number of aryl methyl sites for hydroxylation is 2. The maximum Gasteiger partial charge on any atom is 0.326 e. The summed E-state index contributed by atoms with van der Waals surface area (Å²) in [5.41, 5.74) is 1.71. The standard InChI is InChI=1S/C19H24N2O4/c1-3-4-10-15(19(23)24)21-16(22)11-12-17-20-13(2)18(25-17)14-8-6-5-7-9-14/h5-9,15H,3-4,10-12H2,1-2H3,(H,21,22)(H,23,24)/t15-/m0/s1. The number of nitrogens with one attached hydrogen (secondary N) is 1. The van der Waals surface area contributed by atoms with Gasteiger partial charge in [-0.05, 0) is 13.3 Å². The third-order valence-electron chi connectivity index (χ3n) is 3.92. The topological polar surface area (TPSA) is 92.4 Å². The van der Waals surface area contributed by atoms with Gasteiger partial charge in [0.05, 0.1) is 5.69 Å². The van der Waals surface area contributed by atoms with Crippen LogP contribution in [0.15, 0.2) is 34.7 Å². The molecule has 25 heavy (non-hydrogen) atoms. The Kier molecular flexibility index (Phi) is 6.74. The van der Waals surface area contributed by atoms with Gasteiger partial charge in [0.15, 0.2) is 11.7 Å². The van der Waals surface area contributed by atoms with Crippen molar-refractivity contribution >= 4 is 11.9 Å².